The van der Waals surface area contributed by atoms with E-state index in [4.69, 9.17) is 20.3 Å². The quantitative estimate of drug-likeness (QED) is 0.0805. The molecule has 417 valence electrons. The van der Waals surface area contributed by atoms with Gasteiger partial charge in [0.15, 0.2) is 17.3 Å². The van der Waals surface area contributed by atoms with Gasteiger partial charge in [0.1, 0.15) is 0 Å². The van der Waals surface area contributed by atoms with Crippen LogP contribution in [0.4, 0.5) is 8.78 Å². The third-order valence-corrected chi connectivity index (χ3v) is 11.4. The summed E-state index contributed by atoms with van der Waals surface area (Å²) in [6, 6.07) is 63.6. The van der Waals surface area contributed by atoms with Crippen molar-refractivity contribution < 1.29 is 98.8 Å². The van der Waals surface area contributed by atoms with Crippen LogP contribution >= 0.6 is 11.3 Å². The van der Waals surface area contributed by atoms with Gasteiger partial charge in [-0.3, -0.25) is 33.1 Å². The van der Waals surface area contributed by atoms with Crippen LogP contribution in [0.25, 0.3) is 76.1 Å². The standard InChI is InChI=1S/C22H16N.C15H8F2N.C13H8NS.3C5H8O2.3Ir/c1-16-9-5-6-12-18(16)22-15-20(17-10-3-2-4-11-17)19-13-7-8-14-21(19)23-22;16-11-6-7-12(13(17)9-11)15-8-5-10-3-1-2-4-14(10)18-15;1-2-7-12-10(5-1)9-13(15-12)11-6-3-4-8-14-11;3*1-4(6)3-5(2)7;;;/h2-11,13-15H,1H3;1-6,8-9H;1-8H;3*3,6H,1-2H3;;;/q3*-1;;;;;;. The number of para-hydroxylation sites is 2. The van der Waals surface area contributed by atoms with Crippen LogP contribution in [-0.4, -0.2) is 47.6 Å². The van der Waals surface area contributed by atoms with Gasteiger partial charge >= 0.3 is 0 Å². The molecule has 80 heavy (non-hydrogen) atoms. The van der Waals surface area contributed by atoms with E-state index >= 15 is 0 Å². The van der Waals surface area contributed by atoms with Gasteiger partial charge in [-0.2, -0.15) is 0 Å². The van der Waals surface area contributed by atoms with Crippen LogP contribution in [0.2, 0.25) is 0 Å². The second-order valence-electron chi connectivity index (χ2n) is 17.1. The summed E-state index contributed by atoms with van der Waals surface area (Å²) in [5.41, 5.74) is 9.06. The summed E-state index contributed by atoms with van der Waals surface area (Å²) in [4.78, 5) is 44.7. The number of allylic oxidation sites excluding steroid dienone is 6. The fourth-order valence-electron chi connectivity index (χ4n) is 7.22. The van der Waals surface area contributed by atoms with Crippen LogP contribution in [0.3, 0.4) is 0 Å². The zero-order chi connectivity index (χ0) is 55.9. The van der Waals surface area contributed by atoms with Gasteiger partial charge in [0.2, 0.25) is 0 Å². The topological polar surface area (TPSA) is 151 Å². The van der Waals surface area contributed by atoms with E-state index in [9.17, 15) is 23.2 Å². The van der Waals surface area contributed by atoms with Crippen LogP contribution in [-0.2, 0) is 74.7 Å². The number of fused-ring (bicyclic) bond motifs is 3. The van der Waals surface area contributed by atoms with E-state index < -0.39 is 11.6 Å². The fraction of sp³-hybridized carbons (Fsp3) is 0.108. The molecule has 0 unspecified atom stereocenters. The number of hydrogen-bond acceptors (Lipinski definition) is 10. The van der Waals surface area contributed by atoms with E-state index in [0.29, 0.717) is 5.69 Å². The zero-order valence-corrected chi connectivity index (χ0v) is 52.5. The minimum absolute atomic E-state index is 0. The van der Waals surface area contributed by atoms with Gasteiger partial charge in [0.05, 0.1) is 28.3 Å². The van der Waals surface area contributed by atoms with Gasteiger partial charge in [0, 0.05) is 107 Å². The largest absolute Gasteiger partial charge is 0.512 e. The maximum absolute atomic E-state index is 13.6. The molecule has 0 atom stereocenters. The average molecular weight is 1620 g/mol. The monoisotopic (exact) mass is 1620 g/mol. The van der Waals surface area contributed by atoms with Crippen molar-refractivity contribution in [3.8, 4) is 44.2 Å². The number of carbonyl (C=O) groups excluding carboxylic acids is 3. The molecule has 0 spiro atoms. The Kier molecular flexibility index (Phi) is 30.4. The Morgan fingerprint density at radius 2 is 1.11 bits per heavy atom. The molecule has 0 aliphatic heterocycles. The minimum Gasteiger partial charge on any atom is -0.512 e. The zero-order valence-electron chi connectivity index (χ0n) is 44.5. The maximum Gasteiger partial charge on any atom is 0.155 e. The summed E-state index contributed by atoms with van der Waals surface area (Å²) < 4.78 is 27.7. The summed E-state index contributed by atoms with van der Waals surface area (Å²) in [6.07, 6.45) is 5.31. The number of aryl methyl sites for hydroxylation is 1. The van der Waals surface area contributed by atoms with E-state index in [1.54, 1.807) is 17.4 Å². The van der Waals surface area contributed by atoms with Crippen LogP contribution < -0.4 is 0 Å². The number of aliphatic hydroxyl groups excluding tert-OH is 3. The van der Waals surface area contributed by atoms with Crippen molar-refractivity contribution >= 4 is 60.6 Å². The predicted octanol–water partition coefficient (Wildman–Crippen LogP) is 16.5. The van der Waals surface area contributed by atoms with Gasteiger partial charge in [-0.25, -0.2) is 11.3 Å². The van der Waals surface area contributed by atoms with E-state index in [0.717, 1.165) is 50.4 Å². The van der Waals surface area contributed by atoms with Crippen molar-refractivity contribution in [2.45, 2.75) is 48.5 Å². The third-order valence-electron chi connectivity index (χ3n) is 10.3. The van der Waals surface area contributed by atoms with Crippen molar-refractivity contribution in [1.82, 2.24) is 15.0 Å². The van der Waals surface area contributed by atoms with E-state index in [2.05, 4.69) is 108 Å². The second kappa shape index (κ2) is 35.3. The summed E-state index contributed by atoms with van der Waals surface area (Å²) in [5, 5.41) is 28.4. The van der Waals surface area contributed by atoms with E-state index in [1.807, 2.05) is 85.1 Å². The molecule has 0 bridgehead atoms. The van der Waals surface area contributed by atoms with Gasteiger partial charge in [-0.15, -0.1) is 71.1 Å². The van der Waals surface area contributed by atoms with Gasteiger partial charge in [-0.05, 0) is 97.2 Å². The molecular formula is C65H56F2Ir3N3O6S-3. The average Bonchev–Trinajstić information content (AvgIpc) is 3.86. The summed E-state index contributed by atoms with van der Waals surface area (Å²) in [7, 11) is 0. The molecule has 4 aromatic heterocycles. The maximum atomic E-state index is 13.6. The summed E-state index contributed by atoms with van der Waals surface area (Å²) >= 11 is 1.73. The molecule has 4 heterocycles. The summed E-state index contributed by atoms with van der Waals surface area (Å²) in [6.45, 7) is 10.6. The first-order valence-corrected chi connectivity index (χ1v) is 24.8. The number of pyridine rings is 3. The number of hydrogen-bond donors (Lipinski definition) is 3. The van der Waals surface area contributed by atoms with Gasteiger partial charge < -0.3 is 20.3 Å². The number of thiophene rings is 1. The number of nitrogens with zero attached hydrogens (tertiary/aromatic N) is 3. The Morgan fingerprint density at radius 3 is 1.68 bits per heavy atom. The molecule has 0 fully saturated rings. The van der Waals surface area contributed by atoms with Crippen molar-refractivity contribution in [2.75, 3.05) is 0 Å². The molecular weight excluding hydrogens is 1570 g/mol. The Morgan fingerprint density at radius 1 is 0.550 bits per heavy atom. The molecule has 0 aliphatic carbocycles. The van der Waals surface area contributed by atoms with Crippen LogP contribution in [0.15, 0.2) is 212 Å². The molecule has 0 saturated heterocycles. The second-order valence-corrected chi connectivity index (χ2v) is 18.1. The molecule has 0 saturated carbocycles. The first-order valence-electron chi connectivity index (χ1n) is 24.0. The summed E-state index contributed by atoms with van der Waals surface area (Å²) in [5.74, 6) is -1.48. The van der Waals surface area contributed by atoms with E-state index in [-0.39, 0.29) is 101 Å². The normalized spacial score (nSPS) is 10.5. The van der Waals surface area contributed by atoms with Crippen molar-refractivity contribution in [2.24, 2.45) is 0 Å². The SMILES string of the molecule is CC(=O)C=C(C)O.CC(=O)C=C(C)O.CC(=O)C=C(C)O.Cc1ccc[c-]c1-c1cc(-c2ccccc2)c2ccccc2n1.Fc1c[c-]c(-c2ccc3ccccc3n2)c(F)c1.[Ir].[Ir].[Ir].[c-]1c(-c2ccccn2)sc2ccccc12. The number of ketones is 3. The van der Waals surface area contributed by atoms with Gasteiger partial charge in [0.25, 0.3) is 0 Å². The number of aromatic nitrogens is 3. The number of carbonyl (C=O) groups is 3. The molecule has 15 heteroatoms. The Balaban J connectivity index is 0.000000347. The number of halogens is 2. The molecule has 6 aromatic carbocycles. The Hall–Kier alpha value is -7.31. The third kappa shape index (κ3) is 22.8. The van der Waals surface area contributed by atoms with Crippen LogP contribution in [0.5, 0.6) is 0 Å². The Labute approximate surface area is 510 Å². The number of aliphatic hydroxyl groups is 3. The number of benzene rings is 6. The molecule has 10 aromatic rings. The Bertz CT molecular complexity index is 3590. The van der Waals surface area contributed by atoms with Crippen molar-refractivity contribution in [3.63, 3.8) is 0 Å². The first-order chi connectivity index (χ1) is 36.9. The van der Waals surface area contributed by atoms with E-state index in [1.165, 1.54) is 91.9 Å². The fourth-order valence-corrected chi connectivity index (χ4v) is 8.20. The van der Waals surface area contributed by atoms with Crippen LogP contribution in [0, 0.1) is 36.8 Å². The molecule has 3 N–H and O–H groups in total. The predicted molar refractivity (Wildman–Crippen MR) is 307 cm³/mol. The molecule has 3 radical (unpaired) electrons. The molecule has 10 rings (SSSR count). The smallest absolute Gasteiger partial charge is 0.155 e. The van der Waals surface area contributed by atoms with Crippen molar-refractivity contribution in [3.05, 3.63) is 247 Å². The molecule has 9 nitrogen and oxygen atoms in total. The first kappa shape index (κ1) is 68.8. The molecule has 0 aliphatic rings. The number of rotatable bonds is 7. The van der Waals surface area contributed by atoms with Crippen molar-refractivity contribution in [1.29, 1.82) is 0 Å². The van der Waals surface area contributed by atoms with Crippen LogP contribution in [0.1, 0.15) is 47.1 Å². The minimum atomic E-state index is -0.655. The van der Waals surface area contributed by atoms with Gasteiger partial charge in [-0.1, -0.05) is 128 Å². The molecule has 0 amide bonds.